The number of hydrazone groups is 1. The number of nitrogens with two attached hydrogens (primary N) is 1. The second kappa shape index (κ2) is 7.75. The van der Waals surface area contributed by atoms with Crippen molar-refractivity contribution < 1.29 is 4.74 Å². The summed E-state index contributed by atoms with van der Waals surface area (Å²) in [5.41, 5.74) is 9.67. The fourth-order valence-corrected chi connectivity index (χ4v) is 1.93. The Kier molecular flexibility index (Phi) is 5.71. The highest BCUT2D eigenvalue weighted by molar-refractivity contribution is 9.10. The molecule has 0 unspecified atom stereocenters. The predicted octanol–water partition coefficient (Wildman–Crippen LogP) is 3.07. The van der Waals surface area contributed by atoms with Crippen LogP contribution >= 0.6 is 28.1 Å². The molecule has 0 saturated carbocycles. The van der Waals surface area contributed by atoms with Gasteiger partial charge in [0.15, 0.2) is 5.11 Å². The second-order valence-corrected chi connectivity index (χ2v) is 5.50. The number of hydrogen-bond donors (Lipinski definition) is 2. The first-order valence-corrected chi connectivity index (χ1v) is 7.41. The average Bonchev–Trinajstić information content (AvgIpc) is 2.50. The summed E-state index contributed by atoms with van der Waals surface area (Å²) >= 11 is 8.15. The van der Waals surface area contributed by atoms with Crippen molar-refractivity contribution in [3.05, 3.63) is 64.6 Å². The van der Waals surface area contributed by atoms with E-state index in [-0.39, 0.29) is 5.11 Å². The summed E-state index contributed by atoms with van der Waals surface area (Å²) in [7, 11) is 0. The smallest absolute Gasteiger partial charge is 0.184 e. The van der Waals surface area contributed by atoms with Crippen molar-refractivity contribution in [3.8, 4) is 5.75 Å². The molecule has 0 atom stereocenters. The van der Waals surface area contributed by atoms with Gasteiger partial charge in [-0.05, 0) is 36.5 Å². The van der Waals surface area contributed by atoms with E-state index in [0.29, 0.717) is 12.3 Å². The molecule has 2 aromatic rings. The Morgan fingerprint density at radius 1 is 1.14 bits per heavy atom. The molecule has 0 amide bonds. The molecule has 0 aliphatic rings. The maximum Gasteiger partial charge on any atom is 0.184 e. The van der Waals surface area contributed by atoms with Gasteiger partial charge in [-0.3, -0.25) is 5.43 Å². The Bertz CT molecular complexity index is 629. The first-order valence-electron chi connectivity index (χ1n) is 6.21. The molecule has 4 nitrogen and oxygen atoms in total. The molecular weight excluding hydrogens is 350 g/mol. The van der Waals surface area contributed by atoms with Crippen molar-refractivity contribution in [1.29, 1.82) is 0 Å². The monoisotopic (exact) mass is 363 g/mol. The summed E-state index contributed by atoms with van der Waals surface area (Å²) in [6.45, 7) is 0.307. The van der Waals surface area contributed by atoms with Gasteiger partial charge in [-0.25, -0.2) is 0 Å². The van der Waals surface area contributed by atoms with E-state index in [9.17, 15) is 0 Å². The van der Waals surface area contributed by atoms with Crippen LogP contribution in [0, 0.1) is 0 Å². The minimum absolute atomic E-state index is 0.118. The van der Waals surface area contributed by atoms with Crippen LogP contribution in [-0.2, 0) is 0 Å². The molecular formula is C15H14BrN3OS. The van der Waals surface area contributed by atoms with Crippen LogP contribution in [0.1, 0.15) is 5.56 Å². The van der Waals surface area contributed by atoms with E-state index in [2.05, 4.69) is 26.5 Å². The lowest BCUT2D eigenvalue weighted by atomic mass is 10.1. The van der Waals surface area contributed by atoms with Gasteiger partial charge in [0, 0.05) is 10.0 Å². The summed E-state index contributed by atoms with van der Waals surface area (Å²) in [6.07, 6.45) is 0. The van der Waals surface area contributed by atoms with Crippen molar-refractivity contribution in [2.45, 2.75) is 0 Å². The summed E-state index contributed by atoms with van der Waals surface area (Å²) in [4.78, 5) is 0. The molecule has 0 radical (unpaired) electrons. The van der Waals surface area contributed by atoms with Gasteiger partial charge in [-0.15, -0.1) is 0 Å². The molecule has 0 saturated heterocycles. The average molecular weight is 364 g/mol. The molecule has 2 aromatic carbocycles. The van der Waals surface area contributed by atoms with E-state index >= 15 is 0 Å². The van der Waals surface area contributed by atoms with Gasteiger partial charge in [-0.1, -0.05) is 46.3 Å². The highest BCUT2D eigenvalue weighted by atomic mass is 79.9. The molecule has 0 aliphatic carbocycles. The van der Waals surface area contributed by atoms with E-state index in [0.717, 1.165) is 15.8 Å². The van der Waals surface area contributed by atoms with E-state index in [1.807, 2.05) is 54.6 Å². The SMILES string of the molecule is NC(=S)N/N=C(/COc1ccc(Br)cc1)c1ccccc1. The quantitative estimate of drug-likeness (QED) is 0.486. The molecule has 0 bridgehead atoms. The Hall–Kier alpha value is -1.92. The first kappa shape index (κ1) is 15.5. The molecule has 0 aromatic heterocycles. The van der Waals surface area contributed by atoms with E-state index in [1.165, 1.54) is 0 Å². The predicted molar refractivity (Wildman–Crippen MR) is 92.5 cm³/mol. The van der Waals surface area contributed by atoms with E-state index in [4.69, 9.17) is 22.7 Å². The van der Waals surface area contributed by atoms with Gasteiger partial charge in [0.1, 0.15) is 18.1 Å². The lowest BCUT2D eigenvalue weighted by molar-refractivity contribution is 0.376. The van der Waals surface area contributed by atoms with Crippen LogP contribution in [0.15, 0.2) is 64.2 Å². The van der Waals surface area contributed by atoms with Crippen molar-refractivity contribution in [1.82, 2.24) is 5.43 Å². The van der Waals surface area contributed by atoms with Crippen LogP contribution in [0.25, 0.3) is 0 Å². The number of halogens is 1. The number of ether oxygens (including phenoxy) is 1. The van der Waals surface area contributed by atoms with Gasteiger partial charge >= 0.3 is 0 Å². The molecule has 21 heavy (non-hydrogen) atoms. The minimum atomic E-state index is 0.118. The fourth-order valence-electron chi connectivity index (χ4n) is 1.62. The first-order chi connectivity index (χ1) is 10.1. The number of thiocarbonyl (C=S) groups is 1. The van der Waals surface area contributed by atoms with Gasteiger partial charge in [0.25, 0.3) is 0 Å². The number of hydrogen-bond acceptors (Lipinski definition) is 3. The lowest BCUT2D eigenvalue weighted by Crippen LogP contribution is -2.27. The normalized spacial score (nSPS) is 11.0. The maximum absolute atomic E-state index is 5.73. The van der Waals surface area contributed by atoms with Crippen molar-refractivity contribution in [3.63, 3.8) is 0 Å². The Labute approximate surface area is 137 Å². The Morgan fingerprint density at radius 2 is 1.81 bits per heavy atom. The third-order valence-electron chi connectivity index (χ3n) is 2.60. The molecule has 108 valence electrons. The zero-order valence-electron chi connectivity index (χ0n) is 11.1. The largest absolute Gasteiger partial charge is 0.487 e. The van der Waals surface area contributed by atoms with Gasteiger partial charge < -0.3 is 10.5 Å². The Balaban J connectivity index is 2.11. The van der Waals surface area contributed by atoms with Crippen LogP contribution in [0.5, 0.6) is 5.75 Å². The van der Waals surface area contributed by atoms with E-state index < -0.39 is 0 Å². The second-order valence-electron chi connectivity index (χ2n) is 4.14. The highest BCUT2D eigenvalue weighted by Crippen LogP contribution is 2.16. The molecule has 3 N–H and O–H groups in total. The summed E-state index contributed by atoms with van der Waals surface area (Å²) in [5, 5.41) is 4.31. The van der Waals surface area contributed by atoms with Gasteiger partial charge in [0.2, 0.25) is 0 Å². The molecule has 0 spiro atoms. The minimum Gasteiger partial charge on any atom is -0.487 e. The topological polar surface area (TPSA) is 59.6 Å². The Morgan fingerprint density at radius 3 is 2.43 bits per heavy atom. The van der Waals surface area contributed by atoms with Crippen LogP contribution in [0.4, 0.5) is 0 Å². The zero-order chi connectivity index (χ0) is 15.1. The zero-order valence-corrected chi connectivity index (χ0v) is 13.5. The molecule has 0 fully saturated rings. The number of nitrogens with one attached hydrogen (secondary N) is 1. The number of rotatable bonds is 5. The lowest BCUT2D eigenvalue weighted by Gasteiger charge is -2.10. The van der Waals surface area contributed by atoms with Crippen molar-refractivity contribution in [2.75, 3.05) is 6.61 Å². The highest BCUT2D eigenvalue weighted by Gasteiger charge is 2.05. The number of benzene rings is 2. The van der Waals surface area contributed by atoms with Crippen molar-refractivity contribution >= 4 is 39.0 Å². The fraction of sp³-hybridized carbons (Fsp3) is 0.0667. The van der Waals surface area contributed by atoms with Crippen LogP contribution < -0.4 is 15.9 Å². The molecule has 0 aliphatic heterocycles. The number of nitrogens with zero attached hydrogens (tertiary/aromatic N) is 1. The maximum atomic E-state index is 5.73. The van der Waals surface area contributed by atoms with Gasteiger partial charge in [-0.2, -0.15) is 5.10 Å². The molecule has 2 rings (SSSR count). The van der Waals surface area contributed by atoms with Crippen LogP contribution in [0.3, 0.4) is 0 Å². The van der Waals surface area contributed by atoms with Crippen LogP contribution in [0.2, 0.25) is 0 Å². The van der Waals surface area contributed by atoms with Gasteiger partial charge in [0.05, 0.1) is 0 Å². The molecule has 0 heterocycles. The third kappa shape index (κ3) is 5.17. The van der Waals surface area contributed by atoms with E-state index in [1.54, 1.807) is 0 Å². The summed E-state index contributed by atoms with van der Waals surface area (Å²) in [6, 6.07) is 17.3. The van der Waals surface area contributed by atoms with Crippen LogP contribution in [-0.4, -0.2) is 17.4 Å². The third-order valence-corrected chi connectivity index (χ3v) is 3.22. The van der Waals surface area contributed by atoms with Crippen molar-refractivity contribution in [2.24, 2.45) is 10.8 Å². The molecule has 6 heteroatoms. The standard InChI is InChI=1S/C15H14BrN3OS/c16-12-6-8-13(9-7-12)20-10-14(18-19-15(17)21)11-4-2-1-3-5-11/h1-9H,10H2,(H3,17,19,21)/b18-14-. The summed E-state index contributed by atoms with van der Waals surface area (Å²) < 4.78 is 6.74. The summed E-state index contributed by atoms with van der Waals surface area (Å²) in [5.74, 6) is 0.761.